The van der Waals surface area contributed by atoms with Crippen LogP contribution in [0.15, 0.2) is 41.1 Å². The van der Waals surface area contributed by atoms with E-state index in [4.69, 9.17) is 4.52 Å². The Kier molecular flexibility index (Phi) is 4.23. The van der Waals surface area contributed by atoms with Gasteiger partial charge in [0.15, 0.2) is 5.76 Å². The number of benzene rings is 1. The zero-order valence-electron chi connectivity index (χ0n) is 13.1. The number of hydrogen-bond donors (Lipinski definition) is 2. The molecule has 2 amide bonds. The van der Waals surface area contributed by atoms with Crippen LogP contribution in [0, 0.1) is 6.92 Å². The van der Waals surface area contributed by atoms with Crippen LogP contribution in [0.5, 0.6) is 0 Å². The first kappa shape index (κ1) is 15.0. The molecule has 6 heteroatoms. The summed E-state index contributed by atoms with van der Waals surface area (Å²) >= 11 is 0. The number of anilines is 1. The summed E-state index contributed by atoms with van der Waals surface area (Å²) in [6.45, 7) is 4.17. The third-order valence-electron chi connectivity index (χ3n) is 3.63. The van der Waals surface area contributed by atoms with Crippen LogP contribution in [0.3, 0.4) is 0 Å². The summed E-state index contributed by atoms with van der Waals surface area (Å²) in [6, 6.07) is 9.54. The van der Waals surface area contributed by atoms with E-state index in [1.54, 1.807) is 13.1 Å². The van der Waals surface area contributed by atoms with Gasteiger partial charge in [0.05, 0.1) is 5.52 Å². The highest BCUT2D eigenvalue weighted by atomic mass is 16.5. The number of aryl methyl sites for hydroxylation is 2. The van der Waals surface area contributed by atoms with Crippen LogP contribution < -0.4 is 10.6 Å². The molecule has 6 nitrogen and oxygen atoms in total. The first-order valence-corrected chi connectivity index (χ1v) is 7.51. The molecule has 0 saturated carbocycles. The summed E-state index contributed by atoms with van der Waals surface area (Å²) in [5, 5.41) is 10.6. The topological polar surface area (TPSA) is 80.0 Å². The van der Waals surface area contributed by atoms with Crippen molar-refractivity contribution in [2.45, 2.75) is 26.8 Å². The van der Waals surface area contributed by atoms with E-state index in [0.717, 1.165) is 22.2 Å². The molecular weight excluding hydrogens is 292 g/mol. The summed E-state index contributed by atoms with van der Waals surface area (Å²) < 4.78 is 5.10. The van der Waals surface area contributed by atoms with Gasteiger partial charge in [0, 0.05) is 18.1 Å². The predicted octanol–water partition coefficient (Wildman–Crippen LogP) is 3.42. The molecule has 0 aliphatic heterocycles. The molecule has 1 aromatic carbocycles. The lowest BCUT2D eigenvalue weighted by molar-refractivity contribution is 0.251. The minimum atomic E-state index is -0.280. The molecule has 3 rings (SSSR count). The molecular formula is C17H18N4O2. The Labute approximate surface area is 133 Å². The lowest BCUT2D eigenvalue weighted by atomic mass is 10.1. The number of urea groups is 1. The zero-order chi connectivity index (χ0) is 16.2. The molecule has 23 heavy (non-hydrogen) atoms. The van der Waals surface area contributed by atoms with Crippen LogP contribution in [0.2, 0.25) is 0 Å². The molecule has 2 aromatic heterocycles. The monoisotopic (exact) mass is 310 g/mol. The number of nitrogens with one attached hydrogen (secondary N) is 2. The Balaban J connectivity index is 1.65. The fourth-order valence-electron chi connectivity index (χ4n) is 2.39. The van der Waals surface area contributed by atoms with Crippen molar-refractivity contribution in [3.8, 4) is 0 Å². The number of hydrogen-bond acceptors (Lipinski definition) is 4. The second kappa shape index (κ2) is 6.48. The van der Waals surface area contributed by atoms with Crippen LogP contribution in [0.25, 0.3) is 10.9 Å². The molecule has 3 aromatic rings. The van der Waals surface area contributed by atoms with Crippen LogP contribution in [-0.4, -0.2) is 16.2 Å². The van der Waals surface area contributed by atoms with Crippen molar-refractivity contribution < 1.29 is 9.32 Å². The third-order valence-corrected chi connectivity index (χ3v) is 3.63. The highest BCUT2D eigenvalue weighted by Gasteiger charge is 2.13. The van der Waals surface area contributed by atoms with Gasteiger partial charge in [-0.05, 0) is 37.1 Å². The van der Waals surface area contributed by atoms with Gasteiger partial charge in [-0.3, -0.25) is 4.98 Å². The van der Waals surface area contributed by atoms with Crippen molar-refractivity contribution in [3.63, 3.8) is 0 Å². The Morgan fingerprint density at radius 3 is 3.00 bits per heavy atom. The van der Waals surface area contributed by atoms with Crippen molar-refractivity contribution >= 4 is 22.6 Å². The fourth-order valence-corrected chi connectivity index (χ4v) is 2.39. The molecule has 0 aliphatic rings. The first-order valence-electron chi connectivity index (χ1n) is 7.51. The molecule has 0 unspecified atom stereocenters. The van der Waals surface area contributed by atoms with E-state index in [1.165, 1.54) is 0 Å². The largest absolute Gasteiger partial charge is 0.359 e. The normalized spacial score (nSPS) is 10.7. The van der Waals surface area contributed by atoms with Crippen LogP contribution >= 0.6 is 0 Å². The summed E-state index contributed by atoms with van der Waals surface area (Å²) in [7, 11) is 0. The van der Waals surface area contributed by atoms with Crippen molar-refractivity contribution in [2.75, 3.05) is 5.32 Å². The minimum Gasteiger partial charge on any atom is -0.359 e. The van der Waals surface area contributed by atoms with Gasteiger partial charge in [0.2, 0.25) is 0 Å². The average Bonchev–Trinajstić information content (AvgIpc) is 2.93. The number of rotatable bonds is 4. The van der Waals surface area contributed by atoms with Crippen LogP contribution in [0.1, 0.15) is 23.9 Å². The van der Waals surface area contributed by atoms with Crippen molar-refractivity contribution in [3.05, 3.63) is 53.5 Å². The molecule has 0 radical (unpaired) electrons. The number of aromatic nitrogens is 2. The fraction of sp³-hybridized carbons (Fsp3) is 0.235. The number of carbonyl (C=O) groups is 1. The predicted molar refractivity (Wildman–Crippen MR) is 88.2 cm³/mol. The smallest absolute Gasteiger partial charge is 0.319 e. The molecule has 0 spiro atoms. The maximum Gasteiger partial charge on any atom is 0.319 e. The maximum atomic E-state index is 12.1. The van der Waals surface area contributed by atoms with Gasteiger partial charge in [-0.2, -0.15) is 0 Å². The number of fused-ring (bicyclic) bond motifs is 1. The van der Waals surface area contributed by atoms with Crippen molar-refractivity contribution in [2.24, 2.45) is 0 Å². The van der Waals surface area contributed by atoms with Gasteiger partial charge in [-0.1, -0.05) is 24.2 Å². The summed E-state index contributed by atoms with van der Waals surface area (Å²) in [6.07, 6.45) is 2.46. The second-order valence-electron chi connectivity index (χ2n) is 5.25. The molecule has 0 saturated heterocycles. The van der Waals surface area contributed by atoms with Crippen LogP contribution in [0.4, 0.5) is 10.5 Å². The van der Waals surface area contributed by atoms with E-state index < -0.39 is 0 Å². The lowest BCUT2D eigenvalue weighted by Gasteiger charge is -2.08. The molecule has 2 N–H and O–H groups in total. The van der Waals surface area contributed by atoms with E-state index in [1.807, 2.05) is 37.3 Å². The van der Waals surface area contributed by atoms with Gasteiger partial charge in [-0.15, -0.1) is 0 Å². The molecule has 0 aliphatic carbocycles. The van der Waals surface area contributed by atoms with Gasteiger partial charge in [-0.25, -0.2) is 4.79 Å². The van der Waals surface area contributed by atoms with Gasteiger partial charge >= 0.3 is 6.03 Å². The van der Waals surface area contributed by atoms with E-state index in [2.05, 4.69) is 20.8 Å². The SMILES string of the molecule is CCc1noc(C)c1NC(=O)NCc1ccc2ncccc2c1. The average molecular weight is 310 g/mol. The highest BCUT2D eigenvalue weighted by Crippen LogP contribution is 2.20. The molecule has 0 bridgehead atoms. The van der Waals surface area contributed by atoms with E-state index in [-0.39, 0.29) is 6.03 Å². The highest BCUT2D eigenvalue weighted by molar-refractivity contribution is 5.90. The summed E-state index contributed by atoms with van der Waals surface area (Å²) in [5.41, 5.74) is 3.34. The van der Waals surface area contributed by atoms with Crippen molar-refractivity contribution in [1.29, 1.82) is 0 Å². The van der Waals surface area contributed by atoms with Crippen molar-refractivity contribution in [1.82, 2.24) is 15.5 Å². The zero-order valence-corrected chi connectivity index (χ0v) is 13.1. The molecule has 2 heterocycles. The lowest BCUT2D eigenvalue weighted by Crippen LogP contribution is -2.28. The Morgan fingerprint density at radius 1 is 1.30 bits per heavy atom. The Morgan fingerprint density at radius 2 is 2.17 bits per heavy atom. The molecule has 0 atom stereocenters. The van der Waals surface area contributed by atoms with Gasteiger partial charge in [0.25, 0.3) is 0 Å². The number of nitrogens with zero attached hydrogens (tertiary/aromatic N) is 2. The summed E-state index contributed by atoms with van der Waals surface area (Å²) in [5.74, 6) is 0.605. The third kappa shape index (κ3) is 3.31. The van der Waals surface area contributed by atoms with E-state index >= 15 is 0 Å². The van der Waals surface area contributed by atoms with Gasteiger partial charge in [0.1, 0.15) is 11.4 Å². The summed E-state index contributed by atoms with van der Waals surface area (Å²) in [4.78, 5) is 16.3. The van der Waals surface area contributed by atoms with Crippen LogP contribution in [-0.2, 0) is 13.0 Å². The second-order valence-corrected chi connectivity index (χ2v) is 5.25. The molecule has 118 valence electrons. The first-order chi connectivity index (χ1) is 11.2. The number of amides is 2. The Hall–Kier alpha value is -2.89. The minimum absolute atomic E-state index is 0.280. The Bertz CT molecular complexity index is 841. The van der Waals surface area contributed by atoms with E-state index in [9.17, 15) is 4.79 Å². The maximum absolute atomic E-state index is 12.1. The van der Waals surface area contributed by atoms with E-state index in [0.29, 0.717) is 24.4 Å². The quantitative estimate of drug-likeness (QED) is 0.774. The number of pyridine rings is 1. The number of carbonyl (C=O) groups excluding carboxylic acids is 1. The standard InChI is InChI=1S/C17H18N4O2/c1-3-14-16(11(2)23-21-14)20-17(22)19-10-12-6-7-15-13(9-12)5-4-8-18-15/h4-9H,3,10H2,1-2H3,(H2,19,20,22). The molecule has 0 fully saturated rings. The van der Waals surface area contributed by atoms with Gasteiger partial charge < -0.3 is 15.2 Å².